The summed E-state index contributed by atoms with van der Waals surface area (Å²) in [5.74, 6) is -0.129. The molecule has 2 aromatic carbocycles. The Kier molecular flexibility index (Phi) is 2.79. The van der Waals surface area contributed by atoms with Crippen LogP contribution >= 0.6 is 0 Å². The van der Waals surface area contributed by atoms with Gasteiger partial charge in [0.15, 0.2) is 16.3 Å². The Morgan fingerprint density at radius 3 is 2.68 bits per heavy atom. The summed E-state index contributed by atoms with van der Waals surface area (Å²) >= 11 is 0. The van der Waals surface area contributed by atoms with Gasteiger partial charge in [-0.1, -0.05) is 6.07 Å². The molecule has 0 atom stereocenters. The second kappa shape index (κ2) is 4.47. The summed E-state index contributed by atoms with van der Waals surface area (Å²) in [4.78, 5) is 4.35. The van der Waals surface area contributed by atoms with Crippen molar-refractivity contribution in [3.63, 3.8) is 0 Å². The molecular weight excluding hydrogens is 269 g/mol. The highest BCUT2D eigenvalue weighted by molar-refractivity contribution is 7.72. The average Bonchev–Trinajstić information content (AvgIpc) is 2.81. The van der Waals surface area contributed by atoms with Gasteiger partial charge in [-0.15, -0.1) is 0 Å². The molecule has 1 aromatic heterocycles. The summed E-state index contributed by atoms with van der Waals surface area (Å²) in [6.45, 7) is 0. The van der Waals surface area contributed by atoms with Crippen LogP contribution in [0.2, 0.25) is 0 Å². The maximum atomic E-state index is 13.1. The van der Waals surface area contributed by atoms with Crippen LogP contribution in [0.25, 0.3) is 22.6 Å². The van der Waals surface area contributed by atoms with Gasteiger partial charge in [0, 0.05) is 11.6 Å². The smallest absolute Gasteiger partial charge is 0.227 e. The second-order valence-electron chi connectivity index (χ2n) is 3.94. The van der Waals surface area contributed by atoms with Gasteiger partial charge in [0.2, 0.25) is 5.89 Å². The Hall–Kier alpha value is -2.21. The Morgan fingerprint density at radius 2 is 1.95 bits per heavy atom. The van der Waals surface area contributed by atoms with E-state index in [9.17, 15) is 12.8 Å². The van der Waals surface area contributed by atoms with Crippen LogP contribution in [-0.4, -0.2) is 13.4 Å². The van der Waals surface area contributed by atoms with Crippen LogP contribution in [0.3, 0.4) is 0 Å². The van der Waals surface area contributed by atoms with Gasteiger partial charge >= 0.3 is 0 Å². The van der Waals surface area contributed by atoms with Crippen LogP contribution in [-0.2, 0) is 10.7 Å². The summed E-state index contributed by atoms with van der Waals surface area (Å²) < 4.78 is 40.4. The molecule has 0 saturated heterocycles. The van der Waals surface area contributed by atoms with Crippen molar-refractivity contribution in [3.05, 3.63) is 48.3 Å². The number of benzene rings is 2. The zero-order chi connectivity index (χ0) is 13.4. The van der Waals surface area contributed by atoms with Crippen molar-refractivity contribution in [2.75, 3.05) is 0 Å². The van der Waals surface area contributed by atoms with E-state index in [4.69, 9.17) is 4.42 Å². The van der Waals surface area contributed by atoms with Gasteiger partial charge in [0.1, 0.15) is 11.3 Å². The van der Waals surface area contributed by atoms with E-state index >= 15 is 0 Å². The number of hydrogen-bond acceptors (Lipinski definition) is 4. The van der Waals surface area contributed by atoms with Gasteiger partial charge in [0.25, 0.3) is 0 Å². The number of thiol groups is 1. The molecule has 0 N–H and O–H groups in total. The largest absolute Gasteiger partial charge is 0.436 e. The first-order chi connectivity index (χ1) is 9.13. The van der Waals surface area contributed by atoms with Crippen molar-refractivity contribution in [2.45, 2.75) is 4.90 Å². The van der Waals surface area contributed by atoms with Gasteiger partial charge < -0.3 is 4.42 Å². The van der Waals surface area contributed by atoms with Crippen LogP contribution in [0.1, 0.15) is 0 Å². The number of hydrogen-bond donors (Lipinski definition) is 1. The van der Waals surface area contributed by atoms with E-state index in [0.29, 0.717) is 16.7 Å². The zero-order valence-electron chi connectivity index (χ0n) is 9.54. The Bertz CT molecular complexity index is 831. The third-order valence-electron chi connectivity index (χ3n) is 2.65. The van der Waals surface area contributed by atoms with Crippen molar-refractivity contribution < 1.29 is 17.2 Å². The van der Waals surface area contributed by atoms with E-state index in [-0.39, 0.29) is 16.6 Å². The predicted octanol–water partition coefficient (Wildman–Crippen LogP) is 2.60. The molecule has 3 aromatic rings. The van der Waals surface area contributed by atoms with Crippen molar-refractivity contribution in [1.29, 1.82) is 0 Å². The number of rotatable bonds is 2. The maximum absolute atomic E-state index is 13.1. The van der Waals surface area contributed by atoms with Gasteiger partial charge in [-0.2, -0.15) is 0 Å². The number of halogens is 1. The van der Waals surface area contributed by atoms with Crippen LogP contribution in [0.15, 0.2) is 51.8 Å². The Balaban J connectivity index is 2.16. The molecule has 0 fully saturated rings. The quantitative estimate of drug-likeness (QED) is 0.731. The lowest BCUT2D eigenvalue weighted by Gasteiger charge is -1.93. The SMILES string of the molecule is O=[SH](=O)c1ccc2nc(-c3cccc(F)c3)oc2c1. The molecule has 0 saturated carbocycles. The third kappa shape index (κ3) is 2.22. The summed E-state index contributed by atoms with van der Waals surface area (Å²) in [6.07, 6.45) is 0. The minimum Gasteiger partial charge on any atom is -0.436 e. The van der Waals surface area contributed by atoms with Crippen molar-refractivity contribution in [1.82, 2.24) is 4.98 Å². The molecule has 0 aliphatic carbocycles. The highest BCUT2D eigenvalue weighted by Crippen LogP contribution is 2.25. The summed E-state index contributed by atoms with van der Waals surface area (Å²) in [5, 5.41) is 0. The van der Waals surface area contributed by atoms with Gasteiger partial charge in [-0.3, -0.25) is 0 Å². The zero-order valence-corrected chi connectivity index (χ0v) is 10.4. The molecule has 0 bridgehead atoms. The normalized spacial score (nSPS) is 11.3. The first-order valence-electron chi connectivity index (χ1n) is 5.44. The minimum absolute atomic E-state index is 0.157. The van der Waals surface area contributed by atoms with Gasteiger partial charge in [0.05, 0.1) is 4.90 Å². The summed E-state index contributed by atoms with van der Waals surface area (Å²) in [7, 11) is -2.67. The lowest BCUT2D eigenvalue weighted by molar-refractivity contribution is 0.607. The predicted molar refractivity (Wildman–Crippen MR) is 68.0 cm³/mol. The standard InChI is InChI=1S/C13H8FNO3S/c14-9-3-1-2-8(6-9)13-15-11-5-4-10(19(16)17)7-12(11)18-13/h1-7,19H. The minimum atomic E-state index is -2.67. The van der Waals surface area contributed by atoms with Crippen LogP contribution in [0.5, 0.6) is 0 Å². The fourth-order valence-electron chi connectivity index (χ4n) is 1.77. The molecule has 19 heavy (non-hydrogen) atoms. The first-order valence-corrected chi connectivity index (χ1v) is 6.62. The van der Waals surface area contributed by atoms with Gasteiger partial charge in [-0.25, -0.2) is 17.8 Å². The van der Waals surface area contributed by atoms with E-state index in [1.54, 1.807) is 18.2 Å². The molecule has 0 aliphatic rings. The lowest BCUT2D eigenvalue weighted by Crippen LogP contribution is -1.79. The molecule has 0 amide bonds. The Morgan fingerprint density at radius 1 is 1.11 bits per heavy atom. The summed E-state index contributed by atoms with van der Waals surface area (Å²) in [5.41, 5.74) is 1.39. The first kappa shape index (κ1) is 11.9. The molecule has 4 nitrogen and oxygen atoms in total. The van der Waals surface area contributed by atoms with E-state index in [0.717, 1.165) is 0 Å². The number of oxazole rings is 1. The molecule has 0 radical (unpaired) electrons. The molecule has 3 rings (SSSR count). The van der Waals surface area contributed by atoms with Crippen LogP contribution in [0, 0.1) is 5.82 Å². The molecule has 0 spiro atoms. The van der Waals surface area contributed by atoms with Crippen LogP contribution in [0.4, 0.5) is 4.39 Å². The van der Waals surface area contributed by atoms with Gasteiger partial charge in [-0.05, 0) is 30.3 Å². The highest BCUT2D eigenvalue weighted by atomic mass is 32.2. The van der Waals surface area contributed by atoms with E-state index < -0.39 is 10.7 Å². The van der Waals surface area contributed by atoms with Crippen molar-refractivity contribution in [3.8, 4) is 11.5 Å². The number of fused-ring (bicyclic) bond motifs is 1. The molecule has 0 aliphatic heterocycles. The van der Waals surface area contributed by atoms with Crippen LogP contribution < -0.4 is 0 Å². The maximum Gasteiger partial charge on any atom is 0.227 e. The molecule has 6 heteroatoms. The monoisotopic (exact) mass is 277 g/mol. The van der Waals surface area contributed by atoms with E-state index in [2.05, 4.69) is 4.98 Å². The molecule has 0 unspecified atom stereocenters. The third-order valence-corrected chi connectivity index (χ3v) is 3.35. The fraction of sp³-hybridized carbons (Fsp3) is 0. The molecule has 96 valence electrons. The number of aromatic nitrogens is 1. The summed E-state index contributed by atoms with van der Waals surface area (Å²) in [6, 6.07) is 10.3. The molecular formula is C13H8FNO3S. The Labute approximate surface area is 109 Å². The van der Waals surface area contributed by atoms with E-state index in [1.165, 1.54) is 24.3 Å². The van der Waals surface area contributed by atoms with Crippen molar-refractivity contribution >= 4 is 21.8 Å². The molecule has 1 heterocycles. The fourth-order valence-corrected chi connectivity index (χ4v) is 2.19. The van der Waals surface area contributed by atoms with E-state index in [1.807, 2.05) is 0 Å². The number of nitrogens with zero attached hydrogens (tertiary/aromatic N) is 1. The lowest BCUT2D eigenvalue weighted by atomic mass is 10.2. The highest BCUT2D eigenvalue weighted by Gasteiger charge is 2.09. The topological polar surface area (TPSA) is 60.2 Å². The average molecular weight is 277 g/mol. The van der Waals surface area contributed by atoms with Crippen molar-refractivity contribution in [2.24, 2.45) is 0 Å². The second-order valence-corrected chi connectivity index (χ2v) is 4.97.